The van der Waals surface area contributed by atoms with E-state index in [2.05, 4.69) is 21.2 Å². The third kappa shape index (κ3) is 5.51. The Hall–Kier alpha value is -1.96. The Balaban J connectivity index is 1.60. The summed E-state index contributed by atoms with van der Waals surface area (Å²) >= 11 is 3.36. The summed E-state index contributed by atoms with van der Waals surface area (Å²) in [5, 5.41) is 13.5. The summed E-state index contributed by atoms with van der Waals surface area (Å²) in [5.41, 5.74) is -0.329. The highest BCUT2D eigenvalue weighted by molar-refractivity contribution is 9.10. The first-order valence-corrected chi connectivity index (χ1v) is 9.53. The average Bonchev–Trinajstić information content (AvgIpc) is 2.60. The minimum atomic E-state index is -1.05. The van der Waals surface area contributed by atoms with Gasteiger partial charge in [-0.1, -0.05) is 22.0 Å². The van der Waals surface area contributed by atoms with E-state index in [9.17, 15) is 14.3 Å². The standard InChI is InChI=1S/C20H22BrFN2O3/c1-20(26)9-10-24(12-18(20)27-17-4-2-3-15(22)11-17)13-19(25)23-16-7-5-14(21)6-8-16/h2-8,11,18,26H,9-10,12-13H2,1H3,(H,23,25)/t18-,20-/m0/s1. The fourth-order valence-electron chi connectivity index (χ4n) is 3.02. The average molecular weight is 437 g/mol. The molecule has 0 aromatic heterocycles. The quantitative estimate of drug-likeness (QED) is 0.753. The smallest absolute Gasteiger partial charge is 0.238 e. The van der Waals surface area contributed by atoms with E-state index in [1.54, 1.807) is 19.1 Å². The fraction of sp³-hybridized carbons (Fsp3) is 0.350. The molecule has 1 aliphatic heterocycles. The van der Waals surface area contributed by atoms with Crippen LogP contribution in [0.15, 0.2) is 53.0 Å². The number of benzene rings is 2. The van der Waals surface area contributed by atoms with Gasteiger partial charge in [0.2, 0.25) is 5.91 Å². The van der Waals surface area contributed by atoms with E-state index in [-0.39, 0.29) is 12.5 Å². The van der Waals surface area contributed by atoms with Gasteiger partial charge in [0.05, 0.1) is 6.54 Å². The second kappa shape index (κ2) is 8.37. The lowest BCUT2D eigenvalue weighted by Gasteiger charge is -2.42. The Morgan fingerprint density at radius 2 is 2.11 bits per heavy atom. The van der Waals surface area contributed by atoms with Crippen molar-refractivity contribution in [3.8, 4) is 5.75 Å². The second-order valence-electron chi connectivity index (χ2n) is 6.96. The Morgan fingerprint density at radius 3 is 2.81 bits per heavy atom. The van der Waals surface area contributed by atoms with Crippen molar-refractivity contribution in [3.05, 3.63) is 58.8 Å². The van der Waals surface area contributed by atoms with Crippen LogP contribution in [0.3, 0.4) is 0 Å². The van der Waals surface area contributed by atoms with Crippen LogP contribution in [0.1, 0.15) is 13.3 Å². The number of carbonyl (C=O) groups excluding carboxylic acids is 1. The Kier molecular flexibility index (Phi) is 6.14. The number of nitrogens with zero attached hydrogens (tertiary/aromatic N) is 1. The van der Waals surface area contributed by atoms with Gasteiger partial charge in [-0.05, 0) is 49.7 Å². The zero-order valence-electron chi connectivity index (χ0n) is 15.0. The summed E-state index contributed by atoms with van der Waals surface area (Å²) in [6.45, 7) is 2.84. The largest absolute Gasteiger partial charge is 0.486 e. The van der Waals surface area contributed by atoms with Crippen LogP contribution in [0, 0.1) is 5.82 Å². The van der Waals surface area contributed by atoms with Gasteiger partial charge in [0, 0.05) is 29.3 Å². The van der Waals surface area contributed by atoms with Crippen LogP contribution in [-0.2, 0) is 4.79 Å². The highest BCUT2D eigenvalue weighted by Crippen LogP contribution is 2.27. The van der Waals surface area contributed by atoms with Crippen LogP contribution in [0.25, 0.3) is 0 Å². The maximum absolute atomic E-state index is 13.4. The van der Waals surface area contributed by atoms with E-state index in [0.29, 0.717) is 25.3 Å². The lowest BCUT2D eigenvalue weighted by molar-refractivity contribution is -0.122. The summed E-state index contributed by atoms with van der Waals surface area (Å²) in [5.74, 6) is -0.168. The number of amides is 1. The highest BCUT2D eigenvalue weighted by Gasteiger charge is 2.39. The molecule has 5 nitrogen and oxygen atoms in total. The third-order valence-corrected chi connectivity index (χ3v) is 5.15. The molecule has 0 bridgehead atoms. The molecule has 0 radical (unpaired) electrons. The molecule has 1 heterocycles. The minimum Gasteiger partial charge on any atom is -0.486 e. The van der Waals surface area contributed by atoms with Crippen molar-refractivity contribution in [2.45, 2.75) is 25.0 Å². The van der Waals surface area contributed by atoms with Crippen molar-refractivity contribution in [2.24, 2.45) is 0 Å². The van der Waals surface area contributed by atoms with Gasteiger partial charge in [-0.2, -0.15) is 0 Å². The number of likely N-dealkylation sites (tertiary alicyclic amines) is 1. The predicted molar refractivity (Wildman–Crippen MR) is 105 cm³/mol. The summed E-state index contributed by atoms with van der Waals surface area (Å²) in [4.78, 5) is 14.2. The monoisotopic (exact) mass is 436 g/mol. The van der Waals surface area contributed by atoms with E-state index < -0.39 is 17.5 Å². The number of piperidine rings is 1. The van der Waals surface area contributed by atoms with E-state index in [1.807, 2.05) is 29.2 Å². The van der Waals surface area contributed by atoms with Crippen molar-refractivity contribution in [1.82, 2.24) is 4.90 Å². The summed E-state index contributed by atoms with van der Waals surface area (Å²) in [6, 6.07) is 13.2. The molecule has 0 saturated carbocycles. The molecule has 0 unspecified atom stereocenters. The van der Waals surface area contributed by atoms with Crippen molar-refractivity contribution in [1.29, 1.82) is 0 Å². The first-order valence-electron chi connectivity index (χ1n) is 8.74. The molecule has 1 aliphatic rings. The molecule has 7 heteroatoms. The Bertz CT molecular complexity index is 798. The lowest BCUT2D eigenvalue weighted by atomic mass is 9.90. The molecule has 1 saturated heterocycles. The van der Waals surface area contributed by atoms with Gasteiger partial charge in [-0.15, -0.1) is 0 Å². The van der Waals surface area contributed by atoms with Gasteiger partial charge in [0.15, 0.2) is 0 Å². The van der Waals surface area contributed by atoms with E-state index >= 15 is 0 Å². The molecule has 3 rings (SSSR count). The molecule has 0 spiro atoms. The van der Waals surface area contributed by atoms with E-state index in [0.717, 1.165) is 10.2 Å². The zero-order chi connectivity index (χ0) is 19.4. The van der Waals surface area contributed by atoms with Crippen LogP contribution >= 0.6 is 15.9 Å². The maximum atomic E-state index is 13.4. The number of halogens is 2. The Labute approximate surface area is 166 Å². The number of nitrogens with one attached hydrogen (secondary N) is 1. The predicted octanol–water partition coefficient (Wildman–Crippen LogP) is 3.43. The lowest BCUT2D eigenvalue weighted by Crippen LogP contribution is -2.57. The molecular weight excluding hydrogens is 415 g/mol. The number of ether oxygens (including phenoxy) is 1. The van der Waals surface area contributed by atoms with Gasteiger partial charge >= 0.3 is 0 Å². The highest BCUT2D eigenvalue weighted by atomic mass is 79.9. The number of hydrogen-bond acceptors (Lipinski definition) is 4. The number of anilines is 1. The SMILES string of the molecule is C[C@]1(O)CCN(CC(=O)Nc2ccc(Br)cc2)C[C@@H]1Oc1cccc(F)c1. The first kappa shape index (κ1) is 19.8. The third-order valence-electron chi connectivity index (χ3n) is 4.62. The number of carbonyl (C=O) groups is 1. The van der Waals surface area contributed by atoms with Crippen molar-refractivity contribution in [2.75, 3.05) is 25.0 Å². The molecule has 144 valence electrons. The summed E-state index contributed by atoms with van der Waals surface area (Å²) in [6.07, 6.45) is -0.105. The van der Waals surface area contributed by atoms with Crippen molar-refractivity contribution >= 4 is 27.5 Å². The Morgan fingerprint density at radius 1 is 1.37 bits per heavy atom. The minimum absolute atomic E-state index is 0.136. The van der Waals surface area contributed by atoms with Gasteiger partial charge in [0.1, 0.15) is 23.3 Å². The van der Waals surface area contributed by atoms with Gasteiger partial charge in [-0.25, -0.2) is 4.39 Å². The van der Waals surface area contributed by atoms with Crippen molar-refractivity contribution < 1.29 is 19.0 Å². The summed E-state index contributed by atoms with van der Waals surface area (Å²) < 4.78 is 20.2. The molecular formula is C20H22BrFN2O3. The number of rotatable bonds is 5. The number of hydrogen-bond donors (Lipinski definition) is 2. The molecule has 0 aliphatic carbocycles. The first-order chi connectivity index (χ1) is 12.8. The van der Waals surface area contributed by atoms with Crippen LogP contribution in [0.2, 0.25) is 0 Å². The molecule has 1 amide bonds. The molecule has 2 aromatic carbocycles. The zero-order valence-corrected chi connectivity index (χ0v) is 16.6. The van der Waals surface area contributed by atoms with E-state index in [4.69, 9.17) is 4.74 Å². The molecule has 2 atom stereocenters. The van der Waals surface area contributed by atoms with Crippen LogP contribution in [0.5, 0.6) is 5.75 Å². The van der Waals surface area contributed by atoms with Crippen LogP contribution < -0.4 is 10.1 Å². The second-order valence-corrected chi connectivity index (χ2v) is 7.88. The van der Waals surface area contributed by atoms with Crippen molar-refractivity contribution in [3.63, 3.8) is 0 Å². The van der Waals surface area contributed by atoms with Gasteiger partial charge in [0.25, 0.3) is 0 Å². The normalized spacial score (nSPS) is 23.0. The van der Waals surface area contributed by atoms with E-state index in [1.165, 1.54) is 12.1 Å². The summed E-state index contributed by atoms with van der Waals surface area (Å²) in [7, 11) is 0. The molecule has 27 heavy (non-hydrogen) atoms. The van der Waals surface area contributed by atoms with Crippen LogP contribution in [0.4, 0.5) is 10.1 Å². The molecule has 1 fully saturated rings. The topological polar surface area (TPSA) is 61.8 Å². The van der Waals surface area contributed by atoms with Crippen LogP contribution in [-0.4, -0.2) is 47.3 Å². The number of aliphatic hydroxyl groups is 1. The molecule has 2 aromatic rings. The fourth-order valence-corrected chi connectivity index (χ4v) is 3.28. The molecule has 2 N–H and O–H groups in total. The van der Waals surface area contributed by atoms with Gasteiger partial charge in [-0.3, -0.25) is 9.69 Å². The van der Waals surface area contributed by atoms with Gasteiger partial charge < -0.3 is 15.2 Å². The maximum Gasteiger partial charge on any atom is 0.238 e.